The molecule has 0 saturated carbocycles. The van der Waals surface area contributed by atoms with Gasteiger partial charge in [0, 0.05) is 6.92 Å². The summed E-state index contributed by atoms with van der Waals surface area (Å²) >= 11 is 0. The number of hydrogen-bond acceptors (Lipinski definition) is 4. The van der Waals surface area contributed by atoms with Gasteiger partial charge in [0.25, 0.3) is 0 Å². The molecule has 108 valence electrons. The van der Waals surface area contributed by atoms with Crippen molar-refractivity contribution in [3.05, 3.63) is 70.8 Å². The van der Waals surface area contributed by atoms with Crippen LogP contribution in [0.4, 0.5) is 16.2 Å². The Bertz CT molecular complexity index is 577. The first-order chi connectivity index (χ1) is 10.1. The van der Waals surface area contributed by atoms with Crippen LogP contribution in [0.1, 0.15) is 6.92 Å². The maximum absolute atomic E-state index is 12.3. The molecule has 0 N–H and O–H groups in total. The van der Waals surface area contributed by atoms with E-state index in [1.54, 1.807) is 48.5 Å². The maximum Gasteiger partial charge on any atom is 0.424 e. The van der Waals surface area contributed by atoms with Gasteiger partial charge < -0.3 is 4.74 Å². The van der Waals surface area contributed by atoms with Gasteiger partial charge in [0.05, 0.1) is 16.3 Å². The van der Waals surface area contributed by atoms with Crippen molar-refractivity contribution in [1.29, 1.82) is 0 Å². The van der Waals surface area contributed by atoms with Crippen molar-refractivity contribution in [2.75, 3.05) is 4.90 Å². The molecular weight excluding hydrogens is 272 g/mol. The monoisotopic (exact) mass is 286 g/mol. The van der Waals surface area contributed by atoms with Crippen molar-refractivity contribution in [3.63, 3.8) is 0 Å². The highest BCUT2D eigenvalue weighted by Crippen LogP contribution is 2.26. The average Bonchev–Trinajstić information content (AvgIpc) is 2.49. The second-order valence-corrected chi connectivity index (χ2v) is 4.27. The molecule has 1 amide bonds. The number of para-hydroxylation sites is 2. The number of benzene rings is 2. The minimum Gasteiger partial charge on any atom is -0.381 e. The van der Waals surface area contributed by atoms with Gasteiger partial charge in [-0.15, -0.1) is 0 Å². The SMILES string of the molecule is CC(OC(=O)N(c1ccccc1)c1ccccc1)[N+](=O)[O-]. The molecule has 0 aliphatic heterocycles. The lowest BCUT2D eigenvalue weighted by Gasteiger charge is -2.22. The van der Waals surface area contributed by atoms with Gasteiger partial charge in [-0.3, -0.25) is 10.1 Å². The van der Waals surface area contributed by atoms with E-state index in [4.69, 9.17) is 4.74 Å². The van der Waals surface area contributed by atoms with Crippen LogP contribution < -0.4 is 4.90 Å². The first-order valence-corrected chi connectivity index (χ1v) is 6.34. The molecular formula is C15H14N2O4. The minimum absolute atomic E-state index is 0.573. The molecule has 2 aromatic rings. The van der Waals surface area contributed by atoms with Crippen LogP contribution in [0.3, 0.4) is 0 Å². The Balaban J connectivity index is 2.33. The molecule has 0 bridgehead atoms. The van der Waals surface area contributed by atoms with Gasteiger partial charge in [0.1, 0.15) is 0 Å². The molecule has 0 aromatic heterocycles. The predicted octanol–water partition coefficient (Wildman–Crippen LogP) is 3.58. The smallest absolute Gasteiger partial charge is 0.381 e. The van der Waals surface area contributed by atoms with Gasteiger partial charge in [-0.05, 0) is 24.3 Å². The number of nitrogens with zero attached hydrogens (tertiary/aromatic N) is 2. The fourth-order valence-corrected chi connectivity index (χ4v) is 1.76. The van der Waals surface area contributed by atoms with Crippen molar-refractivity contribution in [2.45, 2.75) is 13.2 Å². The molecule has 21 heavy (non-hydrogen) atoms. The summed E-state index contributed by atoms with van der Waals surface area (Å²) in [7, 11) is 0. The molecule has 0 fully saturated rings. The van der Waals surface area contributed by atoms with Crippen molar-refractivity contribution < 1.29 is 14.5 Å². The summed E-state index contributed by atoms with van der Waals surface area (Å²) in [6, 6.07) is 17.6. The highest BCUT2D eigenvalue weighted by molar-refractivity contribution is 5.95. The van der Waals surface area contributed by atoms with E-state index in [9.17, 15) is 14.9 Å². The van der Waals surface area contributed by atoms with Crippen LogP contribution in [0.5, 0.6) is 0 Å². The molecule has 6 nitrogen and oxygen atoms in total. The van der Waals surface area contributed by atoms with Gasteiger partial charge >= 0.3 is 12.3 Å². The number of hydrogen-bond donors (Lipinski definition) is 0. The number of rotatable bonds is 4. The normalized spacial score (nSPS) is 11.5. The third kappa shape index (κ3) is 3.56. The topological polar surface area (TPSA) is 72.7 Å². The van der Waals surface area contributed by atoms with Gasteiger partial charge in [-0.25, -0.2) is 9.69 Å². The Morgan fingerprint density at radius 1 is 1.05 bits per heavy atom. The molecule has 2 aromatic carbocycles. The maximum atomic E-state index is 12.3. The third-order valence-electron chi connectivity index (χ3n) is 2.78. The van der Waals surface area contributed by atoms with Crippen LogP contribution >= 0.6 is 0 Å². The van der Waals surface area contributed by atoms with Gasteiger partial charge in [0.15, 0.2) is 0 Å². The fraction of sp³-hybridized carbons (Fsp3) is 0.133. The van der Waals surface area contributed by atoms with Gasteiger partial charge in [-0.1, -0.05) is 36.4 Å². The van der Waals surface area contributed by atoms with E-state index in [0.29, 0.717) is 11.4 Å². The lowest BCUT2D eigenvalue weighted by molar-refractivity contribution is -0.561. The van der Waals surface area contributed by atoms with Crippen LogP contribution in [-0.4, -0.2) is 17.2 Å². The second kappa shape index (κ2) is 6.51. The van der Waals surface area contributed by atoms with Gasteiger partial charge in [0.2, 0.25) is 0 Å². The van der Waals surface area contributed by atoms with Crippen LogP contribution in [0.25, 0.3) is 0 Å². The zero-order chi connectivity index (χ0) is 15.2. The van der Waals surface area contributed by atoms with Gasteiger partial charge in [-0.2, -0.15) is 0 Å². The lowest BCUT2D eigenvalue weighted by atomic mass is 10.2. The first-order valence-electron chi connectivity index (χ1n) is 6.34. The summed E-state index contributed by atoms with van der Waals surface area (Å²) in [5, 5.41) is 10.6. The molecule has 0 aliphatic carbocycles. The van der Waals surface area contributed by atoms with E-state index < -0.39 is 17.2 Å². The molecule has 0 spiro atoms. The summed E-state index contributed by atoms with van der Waals surface area (Å²) in [5.74, 6) is 0. The van der Waals surface area contributed by atoms with Crippen molar-refractivity contribution in [1.82, 2.24) is 0 Å². The fourth-order valence-electron chi connectivity index (χ4n) is 1.76. The number of carbonyl (C=O) groups is 1. The Morgan fingerprint density at radius 2 is 1.48 bits per heavy atom. The minimum atomic E-state index is -1.41. The largest absolute Gasteiger partial charge is 0.424 e. The number of carbonyl (C=O) groups excluding carboxylic acids is 1. The second-order valence-electron chi connectivity index (χ2n) is 4.27. The van der Waals surface area contributed by atoms with E-state index in [2.05, 4.69) is 0 Å². The molecule has 2 rings (SSSR count). The molecule has 0 heterocycles. The summed E-state index contributed by atoms with van der Waals surface area (Å²) in [6.07, 6.45) is -2.20. The summed E-state index contributed by atoms with van der Waals surface area (Å²) < 4.78 is 4.87. The molecule has 1 atom stereocenters. The number of nitro groups is 1. The Hall–Kier alpha value is -2.89. The average molecular weight is 286 g/mol. The number of amides is 1. The summed E-state index contributed by atoms with van der Waals surface area (Å²) in [4.78, 5) is 23.5. The molecule has 0 aliphatic rings. The van der Waals surface area contributed by atoms with E-state index in [1.807, 2.05) is 12.1 Å². The first kappa shape index (κ1) is 14.5. The summed E-state index contributed by atoms with van der Waals surface area (Å²) in [6.45, 7) is 1.21. The van der Waals surface area contributed by atoms with Crippen LogP contribution in [-0.2, 0) is 4.74 Å². The Morgan fingerprint density at radius 3 is 1.86 bits per heavy atom. The van der Waals surface area contributed by atoms with Crippen LogP contribution in [0, 0.1) is 10.1 Å². The quantitative estimate of drug-likeness (QED) is 0.489. The van der Waals surface area contributed by atoms with E-state index in [-0.39, 0.29) is 0 Å². The van der Waals surface area contributed by atoms with E-state index >= 15 is 0 Å². The molecule has 6 heteroatoms. The standard InChI is InChI=1S/C15H14N2O4/c1-12(17(19)20)21-15(18)16(13-8-4-2-5-9-13)14-10-6-3-7-11-14/h2-12H,1H3. The predicted molar refractivity (Wildman–Crippen MR) is 78.0 cm³/mol. The number of ether oxygens (including phenoxy) is 1. The van der Waals surface area contributed by atoms with E-state index in [0.717, 1.165) is 0 Å². The molecule has 0 saturated heterocycles. The van der Waals surface area contributed by atoms with Crippen molar-refractivity contribution in [2.24, 2.45) is 0 Å². The van der Waals surface area contributed by atoms with Crippen molar-refractivity contribution in [3.8, 4) is 0 Å². The lowest BCUT2D eigenvalue weighted by Crippen LogP contribution is -2.32. The highest BCUT2D eigenvalue weighted by Gasteiger charge is 2.25. The molecule has 1 unspecified atom stereocenters. The Kier molecular flexibility index (Phi) is 4.50. The highest BCUT2D eigenvalue weighted by atomic mass is 16.7. The number of anilines is 2. The van der Waals surface area contributed by atoms with Crippen LogP contribution in [0.15, 0.2) is 60.7 Å². The Labute approximate surface area is 121 Å². The zero-order valence-corrected chi connectivity index (χ0v) is 11.4. The summed E-state index contributed by atoms with van der Waals surface area (Å²) in [5.41, 5.74) is 1.15. The van der Waals surface area contributed by atoms with E-state index in [1.165, 1.54) is 11.8 Å². The third-order valence-corrected chi connectivity index (χ3v) is 2.78. The molecule has 0 radical (unpaired) electrons. The van der Waals surface area contributed by atoms with Crippen molar-refractivity contribution >= 4 is 17.5 Å². The zero-order valence-electron chi connectivity index (χ0n) is 11.4. The van der Waals surface area contributed by atoms with Crippen LogP contribution in [0.2, 0.25) is 0 Å².